The Labute approximate surface area is 291 Å². The standard InChI is InChI=1S/C44H88O2/c1-2-3-4-5-6-7-8-9-10-11-14-17-20-23-26-29-32-35-38-41-44(46)42-39-36-33-30-27-24-21-18-15-12-13-16-19-22-25-28-31-34-37-40-43-45/h15,18,44-46H,2-14,16-17,19-43H2,1H3/b18-15-. The molecule has 0 radical (unpaired) electrons. The molecule has 46 heavy (non-hydrogen) atoms. The van der Waals surface area contributed by atoms with E-state index in [0.717, 1.165) is 19.3 Å². The molecular formula is C44H88O2. The van der Waals surface area contributed by atoms with Gasteiger partial charge in [0.25, 0.3) is 0 Å². The molecule has 2 N–H and O–H groups in total. The summed E-state index contributed by atoms with van der Waals surface area (Å²) < 4.78 is 0. The molecule has 0 rings (SSSR count). The normalized spacial score (nSPS) is 12.5. The van der Waals surface area contributed by atoms with Crippen molar-refractivity contribution in [2.75, 3.05) is 6.61 Å². The minimum Gasteiger partial charge on any atom is -0.396 e. The van der Waals surface area contributed by atoms with E-state index in [1.165, 1.54) is 231 Å². The summed E-state index contributed by atoms with van der Waals surface area (Å²) in [5.41, 5.74) is 0. The molecule has 2 heteroatoms. The van der Waals surface area contributed by atoms with Gasteiger partial charge >= 0.3 is 0 Å². The third-order valence-electron chi connectivity index (χ3n) is 10.2. The molecule has 0 aromatic heterocycles. The topological polar surface area (TPSA) is 40.5 Å². The SMILES string of the molecule is CCCCCCCCCCCCCCCCCCCCCC(O)CCCCCCCC/C=C\CCCCCCCCCCCCO. The zero-order chi connectivity index (χ0) is 33.3. The van der Waals surface area contributed by atoms with Crippen LogP contribution in [0.4, 0.5) is 0 Å². The molecule has 2 nitrogen and oxygen atoms in total. The second kappa shape index (κ2) is 42.7. The van der Waals surface area contributed by atoms with Crippen LogP contribution in [-0.4, -0.2) is 22.9 Å². The van der Waals surface area contributed by atoms with Gasteiger partial charge in [0.05, 0.1) is 6.10 Å². The highest BCUT2D eigenvalue weighted by Crippen LogP contribution is 2.17. The molecule has 0 amide bonds. The average molecular weight is 649 g/mol. The highest BCUT2D eigenvalue weighted by atomic mass is 16.3. The summed E-state index contributed by atoms with van der Waals surface area (Å²) in [5.74, 6) is 0. The lowest BCUT2D eigenvalue weighted by atomic mass is 10.0. The summed E-state index contributed by atoms with van der Waals surface area (Å²) in [6.07, 6.45) is 57.5. The molecule has 0 saturated heterocycles. The molecule has 0 aromatic carbocycles. The van der Waals surface area contributed by atoms with Crippen LogP contribution in [0.15, 0.2) is 12.2 Å². The molecule has 0 aliphatic heterocycles. The van der Waals surface area contributed by atoms with E-state index in [-0.39, 0.29) is 6.10 Å². The van der Waals surface area contributed by atoms with Gasteiger partial charge in [-0.1, -0.05) is 225 Å². The number of hydrogen-bond donors (Lipinski definition) is 2. The molecule has 276 valence electrons. The number of aliphatic hydroxyl groups excluding tert-OH is 2. The summed E-state index contributed by atoms with van der Waals surface area (Å²) in [5, 5.41) is 19.1. The first-order chi connectivity index (χ1) is 22.8. The summed E-state index contributed by atoms with van der Waals surface area (Å²) in [6, 6.07) is 0. The minimum atomic E-state index is -0.0521. The van der Waals surface area contributed by atoms with E-state index in [2.05, 4.69) is 19.1 Å². The van der Waals surface area contributed by atoms with Crippen molar-refractivity contribution in [1.82, 2.24) is 0 Å². The van der Waals surface area contributed by atoms with Crippen LogP contribution in [-0.2, 0) is 0 Å². The summed E-state index contributed by atoms with van der Waals surface area (Å²) >= 11 is 0. The summed E-state index contributed by atoms with van der Waals surface area (Å²) in [7, 11) is 0. The van der Waals surface area contributed by atoms with E-state index in [4.69, 9.17) is 5.11 Å². The molecule has 0 aliphatic carbocycles. The third kappa shape index (κ3) is 41.7. The average Bonchev–Trinajstić information content (AvgIpc) is 3.06. The van der Waals surface area contributed by atoms with Crippen molar-refractivity contribution in [3.63, 3.8) is 0 Å². The van der Waals surface area contributed by atoms with Crippen LogP contribution in [0.1, 0.15) is 257 Å². The number of rotatable bonds is 41. The molecule has 0 fully saturated rings. The fourth-order valence-corrected chi connectivity index (χ4v) is 6.98. The predicted octanol–water partition coefficient (Wildman–Crippen LogP) is 15.1. The number of allylic oxidation sites excluding steroid dienone is 2. The maximum Gasteiger partial charge on any atom is 0.0540 e. The fraction of sp³-hybridized carbons (Fsp3) is 0.955. The zero-order valence-corrected chi connectivity index (χ0v) is 31.9. The Hall–Kier alpha value is -0.340. The van der Waals surface area contributed by atoms with Crippen molar-refractivity contribution in [3.8, 4) is 0 Å². The molecule has 0 saturated carbocycles. The maximum absolute atomic E-state index is 10.3. The molecule has 0 aliphatic rings. The van der Waals surface area contributed by atoms with Gasteiger partial charge in [0.2, 0.25) is 0 Å². The lowest BCUT2D eigenvalue weighted by molar-refractivity contribution is 0.147. The summed E-state index contributed by atoms with van der Waals surface area (Å²) in [6.45, 7) is 2.66. The molecular weight excluding hydrogens is 560 g/mol. The second-order valence-electron chi connectivity index (χ2n) is 15.0. The van der Waals surface area contributed by atoms with E-state index in [1.807, 2.05) is 0 Å². The van der Waals surface area contributed by atoms with Gasteiger partial charge in [0.1, 0.15) is 0 Å². The van der Waals surface area contributed by atoms with Crippen molar-refractivity contribution in [1.29, 1.82) is 0 Å². The van der Waals surface area contributed by atoms with Gasteiger partial charge in [0, 0.05) is 6.61 Å². The Bertz CT molecular complexity index is 544. The van der Waals surface area contributed by atoms with Crippen LogP contribution in [0, 0.1) is 0 Å². The van der Waals surface area contributed by atoms with Crippen LogP contribution in [0.2, 0.25) is 0 Å². The molecule has 0 heterocycles. The summed E-state index contributed by atoms with van der Waals surface area (Å²) in [4.78, 5) is 0. The predicted molar refractivity (Wildman–Crippen MR) is 208 cm³/mol. The van der Waals surface area contributed by atoms with Crippen molar-refractivity contribution < 1.29 is 10.2 Å². The first-order valence-corrected chi connectivity index (χ1v) is 21.7. The fourth-order valence-electron chi connectivity index (χ4n) is 6.98. The Kier molecular flexibility index (Phi) is 42.4. The monoisotopic (exact) mass is 649 g/mol. The van der Waals surface area contributed by atoms with Gasteiger partial charge in [-0.15, -0.1) is 0 Å². The first kappa shape index (κ1) is 45.7. The van der Waals surface area contributed by atoms with E-state index in [0.29, 0.717) is 6.61 Å². The van der Waals surface area contributed by atoms with Gasteiger partial charge in [-0.25, -0.2) is 0 Å². The van der Waals surface area contributed by atoms with E-state index in [1.54, 1.807) is 0 Å². The van der Waals surface area contributed by atoms with Crippen molar-refractivity contribution in [2.24, 2.45) is 0 Å². The van der Waals surface area contributed by atoms with Crippen molar-refractivity contribution >= 4 is 0 Å². The highest BCUT2D eigenvalue weighted by Gasteiger charge is 2.04. The number of unbranched alkanes of at least 4 members (excludes halogenated alkanes) is 34. The van der Waals surface area contributed by atoms with E-state index >= 15 is 0 Å². The Morgan fingerprint density at radius 2 is 0.565 bits per heavy atom. The lowest BCUT2D eigenvalue weighted by Crippen LogP contribution is -2.05. The largest absolute Gasteiger partial charge is 0.396 e. The smallest absolute Gasteiger partial charge is 0.0540 e. The van der Waals surface area contributed by atoms with Crippen LogP contribution in [0.5, 0.6) is 0 Å². The third-order valence-corrected chi connectivity index (χ3v) is 10.2. The quantitative estimate of drug-likeness (QED) is 0.0511. The van der Waals surface area contributed by atoms with Gasteiger partial charge in [-0.3, -0.25) is 0 Å². The molecule has 1 atom stereocenters. The van der Waals surface area contributed by atoms with Crippen LogP contribution in [0.3, 0.4) is 0 Å². The van der Waals surface area contributed by atoms with Crippen LogP contribution in [0.25, 0.3) is 0 Å². The Morgan fingerprint density at radius 1 is 0.326 bits per heavy atom. The molecule has 0 bridgehead atoms. The lowest BCUT2D eigenvalue weighted by Gasteiger charge is -2.10. The van der Waals surface area contributed by atoms with Gasteiger partial charge < -0.3 is 10.2 Å². The molecule has 0 aromatic rings. The zero-order valence-electron chi connectivity index (χ0n) is 31.9. The molecule has 0 spiro atoms. The number of aliphatic hydroxyl groups is 2. The van der Waals surface area contributed by atoms with Crippen LogP contribution >= 0.6 is 0 Å². The number of hydrogen-bond acceptors (Lipinski definition) is 2. The van der Waals surface area contributed by atoms with Crippen LogP contribution < -0.4 is 0 Å². The van der Waals surface area contributed by atoms with Gasteiger partial charge in [0.15, 0.2) is 0 Å². The second-order valence-corrected chi connectivity index (χ2v) is 15.0. The van der Waals surface area contributed by atoms with Gasteiger partial charge in [-0.2, -0.15) is 0 Å². The Balaban J connectivity index is 3.18. The minimum absolute atomic E-state index is 0.0521. The maximum atomic E-state index is 10.3. The Morgan fingerprint density at radius 3 is 0.848 bits per heavy atom. The van der Waals surface area contributed by atoms with Gasteiger partial charge in [-0.05, 0) is 44.9 Å². The van der Waals surface area contributed by atoms with E-state index in [9.17, 15) is 5.11 Å². The first-order valence-electron chi connectivity index (χ1n) is 21.7. The van der Waals surface area contributed by atoms with E-state index < -0.39 is 0 Å². The molecule has 1 unspecified atom stereocenters. The van der Waals surface area contributed by atoms with Crippen molar-refractivity contribution in [2.45, 2.75) is 263 Å². The van der Waals surface area contributed by atoms with Crippen molar-refractivity contribution in [3.05, 3.63) is 12.2 Å². The highest BCUT2D eigenvalue weighted by molar-refractivity contribution is 4.81.